The minimum absolute atomic E-state index is 0.114. The van der Waals surface area contributed by atoms with E-state index in [9.17, 15) is 4.79 Å². The molecule has 0 aromatic heterocycles. The lowest BCUT2D eigenvalue weighted by molar-refractivity contribution is 0.0951. The lowest BCUT2D eigenvalue weighted by atomic mass is 10.1. The minimum atomic E-state index is -0.114. The van der Waals surface area contributed by atoms with Gasteiger partial charge in [0.15, 0.2) is 0 Å². The zero-order chi connectivity index (χ0) is 13.8. The molecule has 0 atom stereocenters. The fourth-order valence-electron chi connectivity index (χ4n) is 1.71. The van der Waals surface area contributed by atoms with Gasteiger partial charge in [0.2, 0.25) is 0 Å². The minimum Gasteiger partial charge on any atom is -0.399 e. The number of carbonyl (C=O) groups is 1. The Balaban J connectivity index is 2.01. The first-order valence-corrected chi connectivity index (χ1v) is 6.33. The molecule has 19 heavy (non-hydrogen) atoms. The van der Waals surface area contributed by atoms with Crippen LogP contribution in [0.25, 0.3) is 0 Å². The van der Waals surface area contributed by atoms with Gasteiger partial charge in [0, 0.05) is 22.8 Å². The van der Waals surface area contributed by atoms with Crippen molar-refractivity contribution >= 4 is 23.2 Å². The molecule has 2 aromatic carbocycles. The van der Waals surface area contributed by atoms with E-state index >= 15 is 0 Å². The van der Waals surface area contributed by atoms with Gasteiger partial charge in [-0.2, -0.15) is 0 Å². The molecular formula is C15H15ClN2O. The van der Waals surface area contributed by atoms with Gasteiger partial charge in [0.25, 0.3) is 5.91 Å². The van der Waals surface area contributed by atoms with Crippen LogP contribution in [0.1, 0.15) is 21.5 Å². The van der Waals surface area contributed by atoms with Gasteiger partial charge in [-0.05, 0) is 48.4 Å². The predicted molar refractivity (Wildman–Crippen MR) is 78.2 cm³/mol. The van der Waals surface area contributed by atoms with E-state index in [1.165, 1.54) is 0 Å². The lowest BCUT2D eigenvalue weighted by Crippen LogP contribution is -2.22. The van der Waals surface area contributed by atoms with Gasteiger partial charge in [-0.15, -0.1) is 0 Å². The number of carbonyl (C=O) groups excluding carboxylic acids is 1. The van der Waals surface area contributed by atoms with Crippen LogP contribution in [-0.2, 0) is 6.54 Å². The van der Waals surface area contributed by atoms with Crippen LogP contribution in [0, 0.1) is 6.92 Å². The highest BCUT2D eigenvalue weighted by molar-refractivity contribution is 6.31. The number of halogens is 1. The van der Waals surface area contributed by atoms with Gasteiger partial charge in [0.1, 0.15) is 0 Å². The van der Waals surface area contributed by atoms with E-state index < -0.39 is 0 Å². The summed E-state index contributed by atoms with van der Waals surface area (Å²) in [5, 5.41) is 3.52. The summed E-state index contributed by atoms with van der Waals surface area (Å²) in [6.07, 6.45) is 0. The summed E-state index contributed by atoms with van der Waals surface area (Å²) in [7, 11) is 0. The summed E-state index contributed by atoms with van der Waals surface area (Å²) in [6.45, 7) is 2.35. The van der Waals surface area contributed by atoms with Crippen LogP contribution in [0.3, 0.4) is 0 Å². The molecule has 0 radical (unpaired) electrons. The van der Waals surface area contributed by atoms with Crippen LogP contribution in [0.5, 0.6) is 0 Å². The fourth-order valence-corrected chi connectivity index (χ4v) is 1.82. The highest BCUT2D eigenvalue weighted by Gasteiger charge is 2.06. The Kier molecular flexibility index (Phi) is 4.07. The van der Waals surface area contributed by atoms with Gasteiger partial charge in [-0.1, -0.05) is 23.7 Å². The van der Waals surface area contributed by atoms with Crippen LogP contribution < -0.4 is 11.1 Å². The molecule has 0 saturated heterocycles. The molecule has 0 fully saturated rings. The van der Waals surface area contributed by atoms with Gasteiger partial charge in [0.05, 0.1) is 0 Å². The predicted octanol–water partition coefficient (Wildman–Crippen LogP) is 3.16. The standard InChI is InChI=1S/C15H15ClN2O/c1-10-8-12(4-7-14(10)16)15(19)18-9-11-2-5-13(17)6-3-11/h2-8H,9,17H2,1H3,(H,18,19). The average Bonchev–Trinajstić information content (AvgIpc) is 2.41. The summed E-state index contributed by atoms with van der Waals surface area (Å²) in [4.78, 5) is 12.0. The summed E-state index contributed by atoms with van der Waals surface area (Å²) in [5.74, 6) is -0.114. The molecule has 0 heterocycles. The molecule has 4 heteroatoms. The number of aryl methyl sites for hydroxylation is 1. The van der Waals surface area contributed by atoms with Crippen LogP contribution in [0.4, 0.5) is 5.69 Å². The van der Waals surface area contributed by atoms with Crippen molar-refractivity contribution < 1.29 is 4.79 Å². The van der Waals surface area contributed by atoms with Crippen molar-refractivity contribution in [3.05, 3.63) is 64.2 Å². The maximum Gasteiger partial charge on any atom is 0.251 e. The highest BCUT2D eigenvalue weighted by Crippen LogP contribution is 2.16. The monoisotopic (exact) mass is 274 g/mol. The van der Waals surface area contributed by atoms with Gasteiger partial charge in [-0.3, -0.25) is 4.79 Å². The Bertz CT molecular complexity index is 594. The molecule has 3 N–H and O–H groups in total. The maximum atomic E-state index is 12.0. The zero-order valence-electron chi connectivity index (χ0n) is 10.6. The highest BCUT2D eigenvalue weighted by atomic mass is 35.5. The van der Waals surface area contributed by atoms with Crippen LogP contribution in [0.2, 0.25) is 5.02 Å². The number of amides is 1. The summed E-state index contributed by atoms with van der Waals surface area (Å²) < 4.78 is 0. The second-order valence-corrected chi connectivity index (χ2v) is 4.80. The molecule has 1 amide bonds. The first-order valence-electron chi connectivity index (χ1n) is 5.95. The number of nitrogen functional groups attached to an aromatic ring is 1. The molecule has 0 unspecified atom stereocenters. The molecule has 0 aliphatic carbocycles. The first-order chi connectivity index (χ1) is 9.06. The summed E-state index contributed by atoms with van der Waals surface area (Å²) >= 11 is 5.93. The molecule has 0 spiro atoms. The van der Waals surface area contributed by atoms with Crippen LogP contribution in [-0.4, -0.2) is 5.91 Å². The maximum absolute atomic E-state index is 12.0. The van der Waals surface area contributed by atoms with E-state index in [1.54, 1.807) is 18.2 Å². The van der Waals surface area contributed by atoms with Crippen molar-refractivity contribution in [1.29, 1.82) is 0 Å². The molecule has 3 nitrogen and oxygen atoms in total. The van der Waals surface area contributed by atoms with E-state index in [-0.39, 0.29) is 5.91 Å². The second-order valence-electron chi connectivity index (χ2n) is 4.39. The summed E-state index contributed by atoms with van der Waals surface area (Å²) in [5.41, 5.74) is 8.82. The van der Waals surface area contributed by atoms with Gasteiger partial charge in [-0.25, -0.2) is 0 Å². The number of benzene rings is 2. The average molecular weight is 275 g/mol. The van der Waals surface area contributed by atoms with Gasteiger partial charge < -0.3 is 11.1 Å². The Hall–Kier alpha value is -2.00. The Morgan fingerprint density at radius 1 is 1.21 bits per heavy atom. The third-order valence-corrected chi connectivity index (χ3v) is 3.28. The Labute approximate surface area is 117 Å². The zero-order valence-corrected chi connectivity index (χ0v) is 11.4. The summed E-state index contributed by atoms with van der Waals surface area (Å²) in [6, 6.07) is 12.6. The molecule has 98 valence electrons. The third kappa shape index (κ3) is 3.48. The Morgan fingerprint density at radius 2 is 1.89 bits per heavy atom. The van der Waals surface area contributed by atoms with Crippen molar-refractivity contribution in [3.8, 4) is 0 Å². The molecule has 2 rings (SSSR count). The van der Waals surface area contributed by atoms with E-state index in [2.05, 4.69) is 5.32 Å². The number of anilines is 1. The number of hydrogen-bond donors (Lipinski definition) is 2. The molecule has 0 saturated carbocycles. The number of hydrogen-bond acceptors (Lipinski definition) is 2. The van der Waals surface area contributed by atoms with Crippen molar-refractivity contribution in [3.63, 3.8) is 0 Å². The van der Waals surface area contributed by atoms with E-state index in [1.807, 2.05) is 31.2 Å². The first kappa shape index (κ1) is 13.4. The Morgan fingerprint density at radius 3 is 2.53 bits per heavy atom. The number of rotatable bonds is 3. The van der Waals surface area contributed by atoms with Gasteiger partial charge >= 0.3 is 0 Å². The van der Waals surface area contributed by atoms with Crippen LogP contribution in [0.15, 0.2) is 42.5 Å². The SMILES string of the molecule is Cc1cc(C(=O)NCc2ccc(N)cc2)ccc1Cl. The largest absolute Gasteiger partial charge is 0.399 e. The smallest absolute Gasteiger partial charge is 0.251 e. The van der Waals surface area contributed by atoms with Crippen molar-refractivity contribution in [2.75, 3.05) is 5.73 Å². The van der Waals surface area contributed by atoms with Crippen molar-refractivity contribution in [1.82, 2.24) is 5.32 Å². The van der Waals surface area contributed by atoms with E-state index in [4.69, 9.17) is 17.3 Å². The van der Waals surface area contributed by atoms with Crippen molar-refractivity contribution in [2.45, 2.75) is 13.5 Å². The number of nitrogens with one attached hydrogen (secondary N) is 1. The molecular weight excluding hydrogens is 260 g/mol. The molecule has 0 aliphatic heterocycles. The third-order valence-electron chi connectivity index (χ3n) is 2.85. The normalized spacial score (nSPS) is 10.2. The van der Waals surface area contributed by atoms with E-state index in [0.29, 0.717) is 22.8 Å². The van der Waals surface area contributed by atoms with E-state index in [0.717, 1.165) is 11.1 Å². The molecule has 0 bridgehead atoms. The topological polar surface area (TPSA) is 55.1 Å². The second kappa shape index (κ2) is 5.76. The fraction of sp³-hybridized carbons (Fsp3) is 0.133. The van der Waals surface area contributed by atoms with Crippen molar-refractivity contribution in [2.24, 2.45) is 0 Å². The lowest BCUT2D eigenvalue weighted by Gasteiger charge is -2.07. The van der Waals surface area contributed by atoms with Crippen LogP contribution >= 0.6 is 11.6 Å². The quantitative estimate of drug-likeness (QED) is 0.845. The number of nitrogens with two attached hydrogens (primary N) is 1. The molecule has 0 aliphatic rings. The molecule has 2 aromatic rings.